The lowest BCUT2D eigenvalue weighted by molar-refractivity contribution is 0.0848. The SMILES string of the molecule is Cc1ccc(N=C2SCCCN2C(=O)c2cncc(Br)c2)cc1Cl. The van der Waals surface area contributed by atoms with Gasteiger partial charge in [0.25, 0.3) is 5.91 Å². The third kappa shape index (κ3) is 3.99. The number of thioether (sulfide) groups is 1. The van der Waals surface area contributed by atoms with Crippen LogP contribution in [0.3, 0.4) is 0 Å². The van der Waals surface area contributed by atoms with Gasteiger partial charge in [0.2, 0.25) is 0 Å². The summed E-state index contributed by atoms with van der Waals surface area (Å²) in [4.78, 5) is 23.2. The Morgan fingerprint density at radius 3 is 2.96 bits per heavy atom. The highest BCUT2D eigenvalue weighted by atomic mass is 79.9. The first-order chi connectivity index (χ1) is 11.5. The van der Waals surface area contributed by atoms with Crippen LogP contribution < -0.4 is 0 Å². The fourth-order valence-corrected chi connectivity index (χ4v) is 3.78. The smallest absolute Gasteiger partial charge is 0.261 e. The second-order valence-electron chi connectivity index (χ2n) is 5.38. The first kappa shape index (κ1) is 17.5. The Kier molecular flexibility index (Phi) is 5.58. The van der Waals surface area contributed by atoms with E-state index in [0.717, 1.165) is 27.9 Å². The van der Waals surface area contributed by atoms with Gasteiger partial charge >= 0.3 is 0 Å². The van der Waals surface area contributed by atoms with Crippen LogP contribution in [-0.4, -0.2) is 33.3 Å². The van der Waals surface area contributed by atoms with Crippen molar-refractivity contribution in [2.75, 3.05) is 12.3 Å². The second-order valence-corrected chi connectivity index (χ2v) is 7.76. The molecule has 1 amide bonds. The molecule has 2 aromatic rings. The molecule has 2 heterocycles. The van der Waals surface area contributed by atoms with Crippen LogP contribution in [0.25, 0.3) is 0 Å². The summed E-state index contributed by atoms with van der Waals surface area (Å²) >= 11 is 11.1. The van der Waals surface area contributed by atoms with Gasteiger partial charge in [0.15, 0.2) is 5.17 Å². The van der Waals surface area contributed by atoms with Gasteiger partial charge in [0.05, 0.1) is 11.3 Å². The van der Waals surface area contributed by atoms with Crippen LogP contribution in [0, 0.1) is 6.92 Å². The van der Waals surface area contributed by atoms with Crippen molar-refractivity contribution in [1.29, 1.82) is 0 Å². The Balaban J connectivity index is 1.91. The molecule has 1 fully saturated rings. The lowest BCUT2D eigenvalue weighted by Gasteiger charge is -2.27. The molecule has 1 aromatic carbocycles. The van der Waals surface area contributed by atoms with E-state index in [4.69, 9.17) is 11.6 Å². The van der Waals surface area contributed by atoms with E-state index < -0.39 is 0 Å². The summed E-state index contributed by atoms with van der Waals surface area (Å²) in [5.41, 5.74) is 2.30. The number of rotatable bonds is 2. The Morgan fingerprint density at radius 2 is 2.21 bits per heavy atom. The normalized spacial score (nSPS) is 16.5. The molecule has 3 rings (SSSR count). The summed E-state index contributed by atoms with van der Waals surface area (Å²) in [6.45, 7) is 2.60. The monoisotopic (exact) mass is 423 g/mol. The molecule has 1 saturated heterocycles. The molecule has 0 N–H and O–H groups in total. The van der Waals surface area contributed by atoms with Crippen molar-refractivity contribution in [2.24, 2.45) is 4.99 Å². The van der Waals surface area contributed by atoms with Gasteiger partial charge in [-0.2, -0.15) is 0 Å². The molecule has 0 saturated carbocycles. The van der Waals surface area contributed by atoms with Crippen LogP contribution in [0.1, 0.15) is 22.3 Å². The predicted molar refractivity (Wildman–Crippen MR) is 103 cm³/mol. The lowest BCUT2D eigenvalue weighted by atomic mass is 10.2. The van der Waals surface area contributed by atoms with E-state index in [9.17, 15) is 4.79 Å². The first-order valence-corrected chi connectivity index (χ1v) is 9.60. The maximum Gasteiger partial charge on any atom is 0.261 e. The zero-order valence-corrected chi connectivity index (χ0v) is 16.2. The van der Waals surface area contributed by atoms with Gasteiger partial charge in [-0.25, -0.2) is 4.99 Å². The van der Waals surface area contributed by atoms with E-state index in [1.165, 1.54) is 0 Å². The van der Waals surface area contributed by atoms with Crippen LogP contribution in [0.2, 0.25) is 5.02 Å². The molecule has 0 radical (unpaired) electrons. The number of amides is 1. The first-order valence-electron chi connectivity index (χ1n) is 7.44. The van der Waals surface area contributed by atoms with Crippen molar-refractivity contribution in [1.82, 2.24) is 9.88 Å². The van der Waals surface area contributed by atoms with Crippen molar-refractivity contribution in [3.8, 4) is 0 Å². The number of aliphatic imine (C=N–C) groups is 1. The molecule has 1 aliphatic rings. The quantitative estimate of drug-likeness (QED) is 0.676. The minimum atomic E-state index is -0.0899. The average molecular weight is 425 g/mol. The third-order valence-electron chi connectivity index (χ3n) is 3.57. The van der Waals surface area contributed by atoms with Gasteiger partial charge in [-0.3, -0.25) is 14.7 Å². The molecule has 0 unspecified atom stereocenters. The van der Waals surface area contributed by atoms with E-state index in [1.54, 1.807) is 35.1 Å². The Labute approximate surface area is 158 Å². The van der Waals surface area contributed by atoms with Gasteiger partial charge in [0, 0.05) is 34.2 Å². The van der Waals surface area contributed by atoms with E-state index in [1.807, 2.05) is 25.1 Å². The van der Waals surface area contributed by atoms with Crippen molar-refractivity contribution >= 4 is 56.1 Å². The maximum atomic E-state index is 12.8. The number of benzene rings is 1. The summed E-state index contributed by atoms with van der Waals surface area (Å²) in [6.07, 6.45) is 4.17. The van der Waals surface area contributed by atoms with Crippen molar-refractivity contribution < 1.29 is 4.79 Å². The molecule has 24 heavy (non-hydrogen) atoms. The fraction of sp³-hybridized carbons (Fsp3) is 0.235. The summed E-state index contributed by atoms with van der Waals surface area (Å²) in [7, 11) is 0. The van der Waals surface area contributed by atoms with E-state index in [0.29, 0.717) is 22.3 Å². The van der Waals surface area contributed by atoms with Crippen molar-refractivity contribution in [3.63, 3.8) is 0 Å². The molecule has 4 nitrogen and oxygen atoms in total. The highest BCUT2D eigenvalue weighted by Crippen LogP contribution is 2.27. The zero-order chi connectivity index (χ0) is 17.1. The Morgan fingerprint density at radius 1 is 1.38 bits per heavy atom. The second kappa shape index (κ2) is 7.68. The van der Waals surface area contributed by atoms with Crippen LogP contribution in [0.4, 0.5) is 5.69 Å². The number of aryl methyl sites for hydroxylation is 1. The van der Waals surface area contributed by atoms with Gasteiger partial charge < -0.3 is 0 Å². The molecule has 1 aliphatic heterocycles. The summed E-state index contributed by atoms with van der Waals surface area (Å²) < 4.78 is 0.779. The zero-order valence-electron chi connectivity index (χ0n) is 13.0. The molecular weight excluding hydrogens is 410 g/mol. The summed E-state index contributed by atoms with van der Waals surface area (Å²) in [5.74, 6) is 0.854. The average Bonchev–Trinajstić information content (AvgIpc) is 2.58. The molecular formula is C17H15BrClN3OS. The van der Waals surface area contributed by atoms with E-state index >= 15 is 0 Å². The number of pyridine rings is 1. The van der Waals surface area contributed by atoms with E-state index in [2.05, 4.69) is 25.9 Å². The number of aromatic nitrogens is 1. The number of halogens is 2. The standard InChI is InChI=1S/C17H15BrClN3OS/c1-11-3-4-14(8-15(11)19)21-17-22(5-2-6-24-17)16(23)12-7-13(18)10-20-9-12/h3-4,7-10H,2,5-6H2,1H3. The molecule has 0 bridgehead atoms. The van der Waals surface area contributed by atoms with Crippen LogP contribution in [0.5, 0.6) is 0 Å². The Bertz CT molecular complexity index is 812. The summed E-state index contributed by atoms with van der Waals surface area (Å²) in [6, 6.07) is 7.43. The fourth-order valence-electron chi connectivity index (χ4n) is 2.29. The number of carbonyl (C=O) groups excluding carboxylic acids is 1. The minimum Gasteiger partial charge on any atom is -0.287 e. The molecule has 0 aliphatic carbocycles. The van der Waals surface area contributed by atoms with Gasteiger partial charge in [-0.05, 0) is 53.0 Å². The molecule has 0 atom stereocenters. The van der Waals surface area contributed by atoms with Crippen LogP contribution in [-0.2, 0) is 0 Å². The number of nitrogens with zero attached hydrogens (tertiary/aromatic N) is 3. The number of hydrogen-bond acceptors (Lipinski definition) is 4. The Hall–Kier alpha value is -1.37. The largest absolute Gasteiger partial charge is 0.287 e. The van der Waals surface area contributed by atoms with Crippen molar-refractivity contribution in [2.45, 2.75) is 13.3 Å². The number of carbonyl (C=O) groups is 1. The topological polar surface area (TPSA) is 45.6 Å². The molecule has 7 heteroatoms. The van der Waals surface area contributed by atoms with E-state index in [-0.39, 0.29) is 5.91 Å². The molecule has 1 aromatic heterocycles. The number of amidine groups is 1. The molecule has 0 spiro atoms. The third-order valence-corrected chi connectivity index (χ3v) is 5.47. The van der Waals surface area contributed by atoms with Crippen LogP contribution >= 0.6 is 39.3 Å². The van der Waals surface area contributed by atoms with Gasteiger partial charge in [-0.15, -0.1) is 0 Å². The van der Waals surface area contributed by atoms with Gasteiger partial charge in [-0.1, -0.05) is 29.4 Å². The highest BCUT2D eigenvalue weighted by Gasteiger charge is 2.25. The maximum absolute atomic E-state index is 12.8. The van der Waals surface area contributed by atoms with Gasteiger partial charge in [0.1, 0.15) is 0 Å². The lowest BCUT2D eigenvalue weighted by Crippen LogP contribution is -2.39. The molecule has 124 valence electrons. The van der Waals surface area contributed by atoms with Crippen LogP contribution in [0.15, 0.2) is 46.1 Å². The highest BCUT2D eigenvalue weighted by molar-refractivity contribution is 9.10. The minimum absolute atomic E-state index is 0.0899. The van der Waals surface area contributed by atoms with Crippen molar-refractivity contribution in [3.05, 3.63) is 57.3 Å². The predicted octanol–water partition coefficient (Wildman–Crippen LogP) is 5.07. The summed E-state index contributed by atoms with van der Waals surface area (Å²) in [5, 5.41) is 1.37. The number of hydrogen-bond donors (Lipinski definition) is 0.